The van der Waals surface area contributed by atoms with Crippen molar-refractivity contribution in [2.75, 3.05) is 12.4 Å². The molecular weight excluding hydrogens is 319 g/mol. The molecule has 5 nitrogen and oxygen atoms in total. The molecule has 2 rings (SSSR count). The molecule has 1 aromatic carbocycles. The van der Waals surface area contributed by atoms with Gasteiger partial charge in [0.05, 0.1) is 4.47 Å². The van der Waals surface area contributed by atoms with Crippen molar-refractivity contribution >= 4 is 27.5 Å². The third-order valence-electron chi connectivity index (χ3n) is 2.26. The van der Waals surface area contributed by atoms with Crippen LogP contribution < -0.4 is 5.32 Å². The van der Waals surface area contributed by atoms with Crippen LogP contribution in [-0.2, 0) is 11.3 Å². The predicted octanol–water partition coefficient (Wildman–Crippen LogP) is 2.97. The Labute approximate surface area is 116 Å². The molecule has 1 aromatic heterocycles. The fourth-order valence-electron chi connectivity index (χ4n) is 1.40. The second-order valence-corrected chi connectivity index (χ2v) is 4.55. The quantitative estimate of drug-likeness (QED) is 0.937. The van der Waals surface area contributed by atoms with Crippen LogP contribution in [-0.4, -0.2) is 18.2 Å². The number of hydrogen-bond donors (Lipinski definition) is 1. The molecule has 0 fully saturated rings. The first-order valence-electron chi connectivity index (χ1n) is 5.31. The number of nitrogens with one attached hydrogen (secondary N) is 1. The first kappa shape index (κ1) is 13.7. The molecule has 100 valence electrons. The van der Waals surface area contributed by atoms with Crippen LogP contribution in [0.2, 0.25) is 0 Å². The summed E-state index contributed by atoms with van der Waals surface area (Å²) in [4.78, 5) is 11.8. The van der Waals surface area contributed by atoms with E-state index < -0.39 is 11.7 Å². The highest BCUT2D eigenvalue weighted by Gasteiger charge is 2.13. The van der Waals surface area contributed by atoms with E-state index in [0.717, 1.165) is 0 Å². The van der Waals surface area contributed by atoms with Crippen LogP contribution in [0.25, 0.3) is 0 Å². The van der Waals surface area contributed by atoms with Crippen LogP contribution in [0.5, 0.6) is 0 Å². The summed E-state index contributed by atoms with van der Waals surface area (Å²) in [6.45, 7) is 0.229. The third-order valence-corrected chi connectivity index (χ3v) is 2.90. The van der Waals surface area contributed by atoms with Gasteiger partial charge < -0.3 is 14.6 Å². The number of hydrogen-bond acceptors (Lipinski definition) is 4. The number of nitrogens with zero attached hydrogens (tertiary/aromatic N) is 1. The van der Waals surface area contributed by atoms with Gasteiger partial charge in [-0.05, 0) is 34.1 Å². The van der Waals surface area contributed by atoms with Gasteiger partial charge in [-0.2, -0.15) is 0 Å². The van der Waals surface area contributed by atoms with Gasteiger partial charge in [-0.25, -0.2) is 4.39 Å². The number of carbonyl (C=O) groups excluding carboxylic acids is 1. The van der Waals surface area contributed by atoms with Gasteiger partial charge in [-0.3, -0.25) is 4.79 Å². The molecule has 2 aromatic rings. The molecule has 19 heavy (non-hydrogen) atoms. The number of benzene rings is 1. The van der Waals surface area contributed by atoms with E-state index in [1.54, 1.807) is 6.07 Å². The van der Waals surface area contributed by atoms with Gasteiger partial charge in [-0.15, -0.1) is 0 Å². The summed E-state index contributed by atoms with van der Waals surface area (Å²) in [5, 5.41) is 6.12. The summed E-state index contributed by atoms with van der Waals surface area (Å²) in [5.74, 6) is -0.500. The maximum Gasteiger partial charge on any atom is 0.277 e. The normalized spacial score (nSPS) is 10.5. The Morgan fingerprint density at radius 2 is 2.32 bits per heavy atom. The zero-order valence-electron chi connectivity index (χ0n) is 9.94. The Hall–Kier alpha value is -1.73. The minimum Gasteiger partial charge on any atom is -0.377 e. The van der Waals surface area contributed by atoms with Crippen LogP contribution in [0.1, 0.15) is 16.2 Å². The molecule has 0 aliphatic carbocycles. The lowest BCUT2D eigenvalue weighted by Crippen LogP contribution is -2.12. The molecule has 0 saturated heterocycles. The van der Waals surface area contributed by atoms with Crippen molar-refractivity contribution in [1.82, 2.24) is 5.16 Å². The monoisotopic (exact) mass is 328 g/mol. The van der Waals surface area contributed by atoms with Crippen molar-refractivity contribution in [3.05, 3.63) is 46.0 Å². The SMILES string of the molecule is COCc1cc(C(=O)Nc2ccc(Br)c(F)c2)no1. The van der Waals surface area contributed by atoms with Crippen LogP contribution in [0, 0.1) is 5.82 Å². The van der Waals surface area contributed by atoms with Crippen molar-refractivity contribution in [2.24, 2.45) is 0 Å². The predicted molar refractivity (Wildman–Crippen MR) is 69.3 cm³/mol. The van der Waals surface area contributed by atoms with Crippen molar-refractivity contribution in [1.29, 1.82) is 0 Å². The number of aromatic nitrogens is 1. The summed E-state index contributed by atoms with van der Waals surface area (Å²) in [6.07, 6.45) is 0. The summed E-state index contributed by atoms with van der Waals surface area (Å²) in [7, 11) is 1.51. The smallest absolute Gasteiger partial charge is 0.277 e. The van der Waals surface area contributed by atoms with Crippen molar-refractivity contribution in [2.45, 2.75) is 6.61 Å². The highest BCUT2D eigenvalue weighted by atomic mass is 79.9. The first-order chi connectivity index (χ1) is 9.10. The fourth-order valence-corrected chi connectivity index (χ4v) is 1.65. The topological polar surface area (TPSA) is 64.4 Å². The van der Waals surface area contributed by atoms with Crippen LogP contribution >= 0.6 is 15.9 Å². The van der Waals surface area contributed by atoms with Gasteiger partial charge >= 0.3 is 0 Å². The largest absolute Gasteiger partial charge is 0.377 e. The Kier molecular flexibility index (Phi) is 4.28. The summed E-state index contributed by atoms with van der Waals surface area (Å²) >= 11 is 3.03. The fraction of sp³-hybridized carbons (Fsp3) is 0.167. The molecule has 7 heteroatoms. The average Bonchev–Trinajstić information content (AvgIpc) is 2.83. The summed E-state index contributed by atoms with van der Waals surface area (Å²) in [5.41, 5.74) is 0.442. The van der Waals surface area contributed by atoms with E-state index in [1.807, 2.05) is 0 Å². The molecule has 0 saturated carbocycles. The van der Waals surface area contributed by atoms with E-state index >= 15 is 0 Å². The maximum atomic E-state index is 13.3. The van der Waals surface area contributed by atoms with Crippen LogP contribution in [0.3, 0.4) is 0 Å². The molecule has 0 bridgehead atoms. The second-order valence-electron chi connectivity index (χ2n) is 3.69. The lowest BCUT2D eigenvalue weighted by atomic mass is 10.3. The molecule has 0 unspecified atom stereocenters. The second kappa shape index (κ2) is 5.94. The molecule has 0 radical (unpaired) electrons. The Morgan fingerprint density at radius 3 is 3.00 bits per heavy atom. The number of amides is 1. The van der Waals surface area contributed by atoms with Crippen molar-refractivity contribution in [3.8, 4) is 0 Å². The minimum absolute atomic E-state index is 0.107. The van der Waals surface area contributed by atoms with E-state index in [4.69, 9.17) is 9.26 Å². The standard InChI is InChI=1S/C12H10BrFN2O3/c1-18-6-8-5-11(16-19-8)12(17)15-7-2-3-9(13)10(14)4-7/h2-5H,6H2,1H3,(H,15,17). The lowest BCUT2D eigenvalue weighted by Gasteiger charge is -2.03. The number of halogens is 2. The molecule has 1 N–H and O–H groups in total. The van der Waals surface area contributed by atoms with Crippen molar-refractivity contribution < 1.29 is 18.4 Å². The number of rotatable bonds is 4. The molecule has 0 aliphatic rings. The van der Waals surface area contributed by atoms with Crippen LogP contribution in [0.15, 0.2) is 33.3 Å². The van der Waals surface area contributed by atoms with Gasteiger partial charge in [-0.1, -0.05) is 5.16 Å². The Bertz CT molecular complexity index is 600. The molecule has 0 atom stereocenters. The zero-order chi connectivity index (χ0) is 13.8. The Morgan fingerprint density at radius 1 is 1.53 bits per heavy atom. The van der Waals surface area contributed by atoms with Gasteiger partial charge in [0, 0.05) is 18.9 Å². The maximum absolute atomic E-state index is 13.3. The first-order valence-corrected chi connectivity index (χ1v) is 6.10. The highest BCUT2D eigenvalue weighted by Crippen LogP contribution is 2.19. The van der Waals surface area contributed by atoms with Gasteiger partial charge in [0.25, 0.3) is 5.91 Å². The number of methoxy groups -OCH3 is 1. The number of anilines is 1. The van der Waals surface area contributed by atoms with E-state index in [1.165, 1.54) is 25.3 Å². The molecular formula is C12H10BrFN2O3. The van der Waals surface area contributed by atoms with Gasteiger partial charge in [0.15, 0.2) is 11.5 Å². The molecule has 1 amide bonds. The zero-order valence-corrected chi connectivity index (χ0v) is 11.5. The lowest BCUT2D eigenvalue weighted by molar-refractivity contribution is 0.101. The minimum atomic E-state index is -0.479. The molecule has 0 aliphatic heterocycles. The van der Waals surface area contributed by atoms with E-state index in [2.05, 4.69) is 26.4 Å². The molecule has 1 heterocycles. The average molecular weight is 329 g/mol. The summed E-state index contributed by atoms with van der Waals surface area (Å²) in [6, 6.07) is 5.75. The Balaban J connectivity index is 2.09. The van der Waals surface area contributed by atoms with E-state index in [-0.39, 0.29) is 12.3 Å². The van der Waals surface area contributed by atoms with E-state index in [9.17, 15) is 9.18 Å². The van der Waals surface area contributed by atoms with Gasteiger partial charge in [0.1, 0.15) is 12.4 Å². The number of carbonyl (C=O) groups is 1. The molecule has 0 spiro atoms. The van der Waals surface area contributed by atoms with Crippen molar-refractivity contribution in [3.63, 3.8) is 0 Å². The van der Waals surface area contributed by atoms with Gasteiger partial charge in [0.2, 0.25) is 0 Å². The number of ether oxygens (including phenoxy) is 1. The summed E-state index contributed by atoms with van der Waals surface area (Å²) < 4.78 is 23.4. The van der Waals surface area contributed by atoms with Crippen LogP contribution in [0.4, 0.5) is 10.1 Å². The highest BCUT2D eigenvalue weighted by molar-refractivity contribution is 9.10. The third kappa shape index (κ3) is 3.39. The van der Waals surface area contributed by atoms with E-state index in [0.29, 0.717) is 15.9 Å².